The van der Waals surface area contributed by atoms with Crippen LogP contribution >= 0.6 is 0 Å². The molecule has 29 heavy (non-hydrogen) atoms. The molecule has 0 saturated carbocycles. The van der Waals surface area contributed by atoms with Crippen LogP contribution in [0, 0.1) is 0 Å². The number of benzene rings is 2. The van der Waals surface area contributed by atoms with Crippen molar-refractivity contribution in [2.45, 2.75) is 11.8 Å². The minimum atomic E-state index is -0.746. The highest BCUT2D eigenvalue weighted by Gasteiger charge is 2.48. The molecule has 1 aliphatic heterocycles. The fourth-order valence-electron chi connectivity index (χ4n) is 4.06. The first kappa shape index (κ1) is 18.9. The van der Waals surface area contributed by atoms with E-state index in [1.165, 1.54) is 6.20 Å². The SMILES string of the molecule is CN(C)C(=O)C1(c2ccccc2)CCN(C(=O)c2cnoc2-c2ccccc2)C1. The Morgan fingerprint density at radius 3 is 2.34 bits per heavy atom. The lowest BCUT2D eigenvalue weighted by molar-refractivity contribution is -0.134. The van der Waals surface area contributed by atoms with Gasteiger partial charge < -0.3 is 14.3 Å². The fourth-order valence-corrected chi connectivity index (χ4v) is 4.06. The highest BCUT2D eigenvalue weighted by molar-refractivity contribution is 6.00. The van der Waals surface area contributed by atoms with E-state index in [1.807, 2.05) is 60.7 Å². The van der Waals surface area contributed by atoms with E-state index in [2.05, 4.69) is 5.16 Å². The molecular formula is C23H23N3O3. The van der Waals surface area contributed by atoms with Gasteiger partial charge in [-0.1, -0.05) is 65.8 Å². The van der Waals surface area contributed by atoms with Crippen molar-refractivity contribution in [3.05, 3.63) is 78.0 Å². The predicted molar refractivity (Wildman–Crippen MR) is 109 cm³/mol. The molecule has 2 amide bonds. The van der Waals surface area contributed by atoms with Crippen LogP contribution in [0.15, 0.2) is 71.4 Å². The monoisotopic (exact) mass is 389 g/mol. The maximum Gasteiger partial charge on any atom is 0.259 e. The van der Waals surface area contributed by atoms with Crippen molar-refractivity contribution >= 4 is 11.8 Å². The van der Waals surface area contributed by atoms with Crippen LogP contribution in [0.3, 0.4) is 0 Å². The maximum absolute atomic E-state index is 13.3. The molecule has 4 rings (SSSR count). The van der Waals surface area contributed by atoms with Gasteiger partial charge in [-0.3, -0.25) is 9.59 Å². The number of amides is 2. The van der Waals surface area contributed by atoms with E-state index in [1.54, 1.807) is 23.9 Å². The van der Waals surface area contributed by atoms with Crippen molar-refractivity contribution in [3.8, 4) is 11.3 Å². The largest absolute Gasteiger partial charge is 0.355 e. The van der Waals surface area contributed by atoms with Gasteiger partial charge in [0.25, 0.3) is 5.91 Å². The molecule has 0 spiro atoms. The molecule has 6 nitrogen and oxygen atoms in total. The molecule has 2 aromatic carbocycles. The first-order valence-electron chi connectivity index (χ1n) is 9.59. The van der Waals surface area contributed by atoms with Crippen molar-refractivity contribution in [1.82, 2.24) is 15.0 Å². The Labute approximate surface area is 169 Å². The van der Waals surface area contributed by atoms with E-state index in [4.69, 9.17) is 4.52 Å². The zero-order valence-corrected chi connectivity index (χ0v) is 16.5. The molecule has 0 aliphatic carbocycles. The van der Waals surface area contributed by atoms with Crippen LogP contribution in [0.1, 0.15) is 22.3 Å². The highest BCUT2D eigenvalue weighted by Crippen LogP contribution is 2.37. The number of aromatic nitrogens is 1. The number of nitrogens with zero attached hydrogens (tertiary/aromatic N) is 3. The minimum absolute atomic E-state index is 0.00704. The summed E-state index contributed by atoms with van der Waals surface area (Å²) in [6.07, 6.45) is 2.03. The third-order valence-corrected chi connectivity index (χ3v) is 5.54. The number of carbonyl (C=O) groups is 2. The maximum atomic E-state index is 13.3. The summed E-state index contributed by atoms with van der Waals surface area (Å²) in [5.74, 6) is 0.286. The third-order valence-electron chi connectivity index (χ3n) is 5.54. The average Bonchev–Trinajstić information content (AvgIpc) is 3.42. The topological polar surface area (TPSA) is 66.7 Å². The van der Waals surface area contributed by atoms with Crippen LogP contribution in [0.5, 0.6) is 0 Å². The molecule has 0 bridgehead atoms. The Morgan fingerprint density at radius 1 is 1.03 bits per heavy atom. The molecule has 1 atom stereocenters. The highest BCUT2D eigenvalue weighted by atomic mass is 16.5. The average molecular weight is 389 g/mol. The summed E-state index contributed by atoms with van der Waals surface area (Å²) in [6.45, 7) is 0.818. The summed E-state index contributed by atoms with van der Waals surface area (Å²) in [5, 5.41) is 3.85. The van der Waals surface area contributed by atoms with Gasteiger partial charge >= 0.3 is 0 Å². The summed E-state index contributed by atoms with van der Waals surface area (Å²) < 4.78 is 5.38. The second-order valence-electron chi connectivity index (χ2n) is 7.56. The predicted octanol–water partition coefficient (Wildman–Crippen LogP) is 3.21. The van der Waals surface area contributed by atoms with E-state index < -0.39 is 5.41 Å². The molecule has 148 valence electrons. The number of rotatable bonds is 4. The van der Waals surface area contributed by atoms with Gasteiger partial charge in [0.15, 0.2) is 5.76 Å². The van der Waals surface area contributed by atoms with E-state index in [0.717, 1.165) is 11.1 Å². The van der Waals surface area contributed by atoms with Crippen molar-refractivity contribution in [2.24, 2.45) is 0 Å². The van der Waals surface area contributed by atoms with Gasteiger partial charge in [0, 0.05) is 32.7 Å². The van der Waals surface area contributed by atoms with Gasteiger partial charge in [0.2, 0.25) is 5.91 Å². The first-order chi connectivity index (χ1) is 14.0. The van der Waals surface area contributed by atoms with E-state index in [0.29, 0.717) is 30.8 Å². The Bertz CT molecular complexity index is 1010. The number of hydrogen-bond donors (Lipinski definition) is 0. The molecule has 3 aromatic rings. The molecule has 0 radical (unpaired) electrons. The molecule has 0 N–H and O–H groups in total. The molecule has 2 heterocycles. The number of carbonyl (C=O) groups excluding carboxylic acids is 2. The number of likely N-dealkylation sites (tertiary alicyclic amines) is 1. The van der Waals surface area contributed by atoms with Crippen molar-refractivity contribution in [1.29, 1.82) is 0 Å². The van der Waals surface area contributed by atoms with Gasteiger partial charge in [-0.2, -0.15) is 0 Å². The molecule has 6 heteroatoms. The minimum Gasteiger partial charge on any atom is -0.355 e. The zero-order chi connectivity index (χ0) is 20.4. The third kappa shape index (κ3) is 3.31. The van der Waals surface area contributed by atoms with Crippen molar-refractivity contribution in [2.75, 3.05) is 27.2 Å². The summed E-state index contributed by atoms with van der Waals surface area (Å²) in [6, 6.07) is 19.2. The lowest BCUT2D eigenvalue weighted by Crippen LogP contribution is -2.46. The summed E-state index contributed by atoms with van der Waals surface area (Å²) in [7, 11) is 3.51. The standard InChI is InChI=1S/C23H23N3O3/c1-25(2)22(28)23(18-11-7-4-8-12-18)13-14-26(16-23)21(27)19-15-24-29-20(19)17-9-5-3-6-10-17/h3-12,15H,13-14,16H2,1-2H3. The van der Waals surface area contributed by atoms with Crippen LogP contribution < -0.4 is 0 Å². The smallest absolute Gasteiger partial charge is 0.259 e. The lowest BCUT2D eigenvalue weighted by Gasteiger charge is -2.31. The Balaban J connectivity index is 1.66. The lowest BCUT2D eigenvalue weighted by atomic mass is 9.78. The zero-order valence-electron chi connectivity index (χ0n) is 16.5. The Morgan fingerprint density at radius 2 is 1.69 bits per heavy atom. The van der Waals surface area contributed by atoms with Crippen LogP contribution in [0.25, 0.3) is 11.3 Å². The van der Waals surface area contributed by atoms with Crippen LogP contribution in [0.2, 0.25) is 0 Å². The van der Waals surface area contributed by atoms with Gasteiger partial charge in [0.05, 0.1) is 11.6 Å². The summed E-state index contributed by atoms with van der Waals surface area (Å²) in [4.78, 5) is 29.8. The van der Waals surface area contributed by atoms with Gasteiger partial charge in [0.1, 0.15) is 5.56 Å². The Hall–Kier alpha value is -3.41. The van der Waals surface area contributed by atoms with E-state index in [9.17, 15) is 9.59 Å². The Kier molecular flexibility index (Phi) is 4.92. The second kappa shape index (κ2) is 7.54. The quantitative estimate of drug-likeness (QED) is 0.687. The fraction of sp³-hybridized carbons (Fsp3) is 0.261. The van der Waals surface area contributed by atoms with Gasteiger partial charge in [-0.25, -0.2) is 0 Å². The molecule has 1 fully saturated rings. The second-order valence-corrected chi connectivity index (χ2v) is 7.56. The molecule has 1 saturated heterocycles. The van der Waals surface area contributed by atoms with E-state index in [-0.39, 0.29) is 11.8 Å². The van der Waals surface area contributed by atoms with Gasteiger partial charge in [-0.15, -0.1) is 0 Å². The molecule has 1 aliphatic rings. The first-order valence-corrected chi connectivity index (χ1v) is 9.59. The summed E-state index contributed by atoms with van der Waals surface area (Å²) >= 11 is 0. The normalized spacial score (nSPS) is 18.6. The van der Waals surface area contributed by atoms with Crippen LogP contribution in [0.4, 0.5) is 0 Å². The molecule has 1 unspecified atom stereocenters. The van der Waals surface area contributed by atoms with Crippen molar-refractivity contribution in [3.63, 3.8) is 0 Å². The number of likely N-dealkylation sites (N-methyl/N-ethyl adjacent to an activating group) is 1. The summed E-state index contributed by atoms with van der Waals surface area (Å²) in [5.41, 5.74) is 1.40. The van der Waals surface area contributed by atoms with Gasteiger partial charge in [-0.05, 0) is 12.0 Å². The molecular weight excluding hydrogens is 366 g/mol. The van der Waals surface area contributed by atoms with Crippen LogP contribution in [-0.4, -0.2) is 54.0 Å². The molecule has 1 aromatic heterocycles. The van der Waals surface area contributed by atoms with Crippen molar-refractivity contribution < 1.29 is 14.1 Å². The number of hydrogen-bond acceptors (Lipinski definition) is 4. The van der Waals surface area contributed by atoms with Crippen LogP contribution in [-0.2, 0) is 10.2 Å². The van der Waals surface area contributed by atoms with E-state index >= 15 is 0 Å².